The van der Waals surface area contributed by atoms with Gasteiger partial charge in [0.2, 0.25) is 0 Å². The van der Waals surface area contributed by atoms with E-state index < -0.39 is 5.97 Å². The van der Waals surface area contributed by atoms with Gasteiger partial charge in [0.05, 0.1) is 10.7 Å². The van der Waals surface area contributed by atoms with Crippen molar-refractivity contribution < 1.29 is 9.90 Å². The van der Waals surface area contributed by atoms with E-state index in [2.05, 4.69) is 0 Å². The summed E-state index contributed by atoms with van der Waals surface area (Å²) < 4.78 is 0. The predicted molar refractivity (Wildman–Crippen MR) is 66.3 cm³/mol. The van der Waals surface area contributed by atoms with Gasteiger partial charge in [-0.2, -0.15) is 0 Å². The third kappa shape index (κ3) is 3.00. The van der Waals surface area contributed by atoms with Crippen LogP contribution in [0.4, 0.5) is 5.69 Å². The number of rotatable bonds is 3. The maximum atomic E-state index is 10.7. The van der Waals surface area contributed by atoms with Gasteiger partial charge >= 0.3 is 5.97 Å². The molecule has 4 heteroatoms. The van der Waals surface area contributed by atoms with Crippen molar-refractivity contribution >= 4 is 28.8 Å². The SMILES string of the molecule is CC(C)C(=CC(=O)O)c1ccc(Cl)c(N)c1. The van der Waals surface area contributed by atoms with E-state index in [-0.39, 0.29) is 5.92 Å². The highest BCUT2D eigenvalue weighted by Crippen LogP contribution is 2.28. The molecule has 3 nitrogen and oxygen atoms in total. The summed E-state index contributed by atoms with van der Waals surface area (Å²) in [4.78, 5) is 10.7. The average molecular weight is 240 g/mol. The average Bonchev–Trinajstić information content (AvgIpc) is 2.18. The number of allylic oxidation sites excluding steroid dienone is 1. The summed E-state index contributed by atoms with van der Waals surface area (Å²) in [6.07, 6.45) is 1.20. The highest BCUT2D eigenvalue weighted by Gasteiger charge is 2.09. The third-order valence-corrected chi connectivity index (χ3v) is 2.57. The second-order valence-corrected chi connectivity index (χ2v) is 4.24. The van der Waals surface area contributed by atoms with Gasteiger partial charge in [-0.15, -0.1) is 0 Å². The number of hydrogen-bond acceptors (Lipinski definition) is 2. The van der Waals surface area contributed by atoms with Crippen LogP contribution in [0.3, 0.4) is 0 Å². The molecule has 0 aliphatic carbocycles. The van der Waals surface area contributed by atoms with Gasteiger partial charge in [-0.3, -0.25) is 0 Å². The van der Waals surface area contributed by atoms with Crippen LogP contribution >= 0.6 is 11.6 Å². The minimum Gasteiger partial charge on any atom is -0.478 e. The van der Waals surface area contributed by atoms with Gasteiger partial charge in [-0.1, -0.05) is 31.5 Å². The smallest absolute Gasteiger partial charge is 0.328 e. The lowest BCUT2D eigenvalue weighted by molar-refractivity contribution is -0.131. The molecule has 0 saturated carbocycles. The largest absolute Gasteiger partial charge is 0.478 e. The number of anilines is 1. The Morgan fingerprint density at radius 3 is 2.56 bits per heavy atom. The molecule has 3 N–H and O–H groups in total. The lowest BCUT2D eigenvalue weighted by Crippen LogP contribution is -1.99. The van der Waals surface area contributed by atoms with Gasteiger partial charge in [0.15, 0.2) is 0 Å². The molecule has 0 aliphatic heterocycles. The second-order valence-electron chi connectivity index (χ2n) is 3.83. The van der Waals surface area contributed by atoms with Gasteiger partial charge in [0, 0.05) is 6.08 Å². The zero-order valence-electron chi connectivity index (χ0n) is 9.20. The van der Waals surface area contributed by atoms with Crippen LogP contribution in [0.5, 0.6) is 0 Å². The molecular weight excluding hydrogens is 226 g/mol. The van der Waals surface area contributed by atoms with Gasteiger partial charge in [-0.05, 0) is 29.2 Å². The summed E-state index contributed by atoms with van der Waals surface area (Å²) in [5.41, 5.74) is 7.66. The Labute approximate surface area is 99.5 Å². The fourth-order valence-electron chi connectivity index (χ4n) is 1.44. The van der Waals surface area contributed by atoms with E-state index in [9.17, 15) is 4.79 Å². The van der Waals surface area contributed by atoms with Crippen LogP contribution < -0.4 is 5.73 Å². The quantitative estimate of drug-likeness (QED) is 0.630. The second kappa shape index (κ2) is 5.03. The maximum Gasteiger partial charge on any atom is 0.328 e. The molecule has 16 heavy (non-hydrogen) atoms. The Balaban J connectivity index is 3.22. The minimum atomic E-state index is -0.961. The first kappa shape index (κ1) is 12.6. The number of aliphatic carboxylic acids is 1. The highest BCUT2D eigenvalue weighted by atomic mass is 35.5. The number of benzene rings is 1. The normalized spacial score (nSPS) is 11.9. The van der Waals surface area contributed by atoms with E-state index >= 15 is 0 Å². The monoisotopic (exact) mass is 239 g/mol. The Bertz CT molecular complexity index is 439. The van der Waals surface area contributed by atoms with Crippen LogP contribution in [0.2, 0.25) is 5.02 Å². The van der Waals surface area contributed by atoms with Crippen molar-refractivity contribution in [3.05, 3.63) is 34.9 Å². The van der Waals surface area contributed by atoms with Crippen molar-refractivity contribution in [1.82, 2.24) is 0 Å². The summed E-state index contributed by atoms with van der Waals surface area (Å²) in [6.45, 7) is 3.86. The van der Waals surface area contributed by atoms with Crippen LogP contribution in [0.1, 0.15) is 19.4 Å². The van der Waals surface area contributed by atoms with E-state index in [0.717, 1.165) is 11.1 Å². The van der Waals surface area contributed by atoms with E-state index in [1.807, 2.05) is 13.8 Å². The molecule has 1 aromatic carbocycles. The van der Waals surface area contributed by atoms with Crippen LogP contribution in [0, 0.1) is 5.92 Å². The van der Waals surface area contributed by atoms with E-state index in [1.165, 1.54) is 6.08 Å². The molecule has 0 radical (unpaired) electrons. The summed E-state index contributed by atoms with van der Waals surface area (Å²) in [6, 6.07) is 5.13. The van der Waals surface area contributed by atoms with Gasteiger partial charge in [0.1, 0.15) is 0 Å². The molecule has 0 amide bonds. The Morgan fingerprint density at radius 2 is 2.12 bits per heavy atom. The molecule has 1 rings (SSSR count). The van der Waals surface area contributed by atoms with Crippen LogP contribution in [-0.4, -0.2) is 11.1 Å². The number of carboxylic acids is 1. The Kier molecular flexibility index (Phi) is 3.96. The fraction of sp³-hybridized carbons (Fsp3) is 0.250. The maximum absolute atomic E-state index is 10.7. The lowest BCUT2D eigenvalue weighted by atomic mass is 9.94. The zero-order valence-corrected chi connectivity index (χ0v) is 9.95. The topological polar surface area (TPSA) is 63.3 Å². The van der Waals surface area contributed by atoms with E-state index in [4.69, 9.17) is 22.4 Å². The molecule has 0 bridgehead atoms. The summed E-state index contributed by atoms with van der Waals surface area (Å²) in [7, 11) is 0. The fourth-order valence-corrected chi connectivity index (χ4v) is 1.56. The first-order valence-corrected chi connectivity index (χ1v) is 5.29. The van der Waals surface area contributed by atoms with Gasteiger partial charge < -0.3 is 10.8 Å². The molecule has 0 heterocycles. The van der Waals surface area contributed by atoms with E-state index in [1.54, 1.807) is 18.2 Å². The highest BCUT2D eigenvalue weighted by molar-refractivity contribution is 6.33. The molecule has 0 unspecified atom stereocenters. The van der Waals surface area contributed by atoms with Crippen molar-refractivity contribution in [1.29, 1.82) is 0 Å². The van der Waals surface area contributed by atoms with Crippen molar-refractivity contribution in [3.8, 4) is 0 Å². The number of carbonyl (C=O) groups is 1. The van der Waals surface area contributed by atoms with Crippen LogP contribution in [-0.2, 0) is 4.79 Å². The summed E-state index contributed by atoms with van der Waals surface area (Å²) in [5.74, 6) is -0.853. The molecule has 0 atom stereocenters. The Morgan fingerprint density at radius 1 is 1.50 bits per heavy atom. The molecule has 1 aromatic rings. The summed E-state index contributed by atoms with van der Waals surface area (Å²) in [5, 5.41) is 9.26. The number of carboxylic acid groups (broad SMARTS) is 1. The number of hydrogen-bond donors (Lipinski definition) is 2. The molecule has 0 spiro atoms. The van der Waals surface area contributed by atoms with Crippen molar-refractivity contribution in [2.45, 2.75) is 13.8 Å². The minimum absolute atomic E-state index is 0.108. The number of nitrogens with two attached hydrogens (primary N) is 1. The Hall–Kier alpha value is -1.48. The van der Waals surface area contributed by atoms with Gasteiger partial charge in [0.25, 0.3) is 0 Å². The standard InChI is InChI=1S/C12H14ClNO2/c1-7(2)9(6-12(15)16)8-3-4-10(13)11(14)5-8/h3-7H,14H2,1-2H3,(H,15,16). The first-order chi connectivity index (χ1) is 7.41. The number of nitrogen functional groups attached to an aromatic ring is 1. The molecular formula is C12H14ClNO2. The molecule has 0 fully saturated rings. The van der Waals surface area contributed by atoms with Crippen LogP contribution in [0.25, 0.3) is 5.57 Å². The predicted octanol–water partition coefficient (Wildman–Crippen LogP) is 3.05. The summed E-state index contributed by atoms with van der Waals surface area (Å²) >= 11 is 5.81. The lowest BCUT2D eigenvalue weighted by Gasteiger charge is -2.12. The zero-order chi connectivity index (χ0) is 12.3. The molecule has 0 aromatic heterocycles. The third-order valence-electron chi connectivity index (χ3n) is 2.23. The van der Waals surface area contributed by atoms with Crippen molar-refractivity contribution in [2.75, 3.05) is 5.73 Å². The first-order valence-electron chi connectivity index (χ1n) is 4.91. The van der Waals surface area contributed by atoms with Crippen molar-refractivity contribution in [3.63, 3.8) is 0 Å². The molecule has 0 saturated heterocycles. The van der Waals surface area contributed by atoms with E-state index in [0.29, 0.717) is 10.7 Å². The number of halogens is 1. The van der Waals surface area contributed by atoms with Crippen LogP contribution in [0.15, 0.2) is 24.3 Å². The van der Waals surface area contributed by atoms with Crippen molar-refractivity contribution in [2.24, 2.45) is 5.92 Å². The van der Waals surface area contributed by atoms with Gasteiger partial charge in [-0.25, -0.2) is 4.79 Å². The molecule has 0 aliphatic rings. The molecule has 86 valence electrons.